The molecule has 0 N–H and O–H groups in total. The molecule has 1 unspecified atom stereocenters. The van der Waals surface area contributed by atoms with Gasteiger partial charge in [0.05, 0.1) is 0 Å². The van der Waals surface area contributed by atoms with Crippen LogP contribution in [0.2, 0.25) is 5.28 Å². The van der Waals surface area contributed by atoms with Crippen molar-refractivity contribution in [1.82, 2.24) is 15.0 Å². The van der Waals surface area contributed by atoms with Crippen LogP contribution in [0.4, 0.5) is 0 Å². The lowest BCUT2D eigenvalue weighted by molar-refractivity contribution is 0.643. The van der Waals surface area contributed by atoms with Gasteiger partial charge >= 0.3 is 0 Å². The molecule has 166 valence electrons. The van der Waals surface area contributed by atoms with E-state index in [1.165, 1.54) is 22.3 Å². The molecule has 0 aliphatic heterocycles. The molecule has 0 amide bonds. The van der Waals surface area contributed by atoms with E-state index in [9.17, 15) is 0 Å². The van der Waals surface area contributed by atoms with Gasteiger partial charge in [0.15, 0.2) is 5.82 Å². The maximum atomic E-state index is 6.46. The van der Waals surface area contributed by atoms with Crippen LogP contribution in [0.1, 0.15) is 43.1 Å². The zero-order chi connectivity index (χ0) is 23.3. The standard InChI is InChI=1S/C30H24ClN3/c1-30(2)25-15-9-8-13-22(25)23-17-16-20(18-26(23)30)27-32-28(34-29(31)33-27)24-14-7-6-12-21(24)19-10-4-3-5-11-19/h3-15,17-18,20H,16H2,1-2H3. The number of halogens is 1. The minimum absolute atomic E-state index is 0.0514. The number of allylic oxidation sites excluding steroid dienone is 4. The van der Waals surface area contributed by atoms with Crippen molar-refractivity contribution in [1.29, 1.82) is 0 Å². The molecule has 0 fully saturated rings. The first-order valence-electron chi connectivity index (χ1n) is 11.6. The topological polar surface area (TPSA) is 38.7 Å². The normalized spacial score (nSPS) is 18.0. The predicted molar refractivity (Wildman–Crippen MR) is 139 cm³/mol. The molecule has 4 aromatic rings. The first-order valence-corrected chi connectivity index (χ1v) is 12.0. The van der Waals surface area contributed by atoms with Crippen molar-refractivity contribution < 1.29 is 0 Å². The lowest BCUT2D eigenvalue weighted by Crippen LogP contribution is -2.18. The van der Waals surface area contributed by atoms with Crippen molar-refractivity contribution in [3.63, 3.8) is 0 Å². The number of hydrogen-bond acceptors (Lipinski definition) is 3. The number of fused-ring (bicyclic) bond motifs is 3. The maximum Gasteiger partial charge on any atom is 0.226 e. The highest BCUT2D eigenvalue weighted by Crippen LogP contribution is 2.52. The molecule has 2 aliphatic rings. The van der Waals surface area contributed by atoms with Gasteiger partial charge in [0.25, 0.3) is 0 Å². The van der Waals surface area contributed by atoms with E-state index in [4.69, 9.17) is 16.6 Å². The molecule has 1 atom stereocenters. The molecule has 3 nitrogen and oxygen atoms in total. The summed E-state index contributed by atoms with van der Waals surface area (Å²) in [5.41, 5.74) is 8.48. The molecule has 4 heteroatoms. The van der Waals surface area contributed by atoms with Gasteiger partial charge < -0.3 is 0 Å². The largest absolute Gasteiger partial charge is 0.226 e. The first kappa shape index (κ1) is 21.0. The summed E-state index contributed by atoms with van der Waals surface area (Å²) in [7, 11) is 0. The van der Waals surface area contributed by atoms with Crippen LogP contribution in [0.3, 0.4) is 0 Å². The van der Waals surface area contributed by atoms with Crippen LogP contribution in [0.15, 0.2) is 96.6 Å². The molecule has 0 bridgehead atoms. The van der Waals surface area contributed by atoms with Crippen LogP contribution < -0.4 is 0 Å². The third-order valence-electron chi connectivity index (χ3n) is 7.01. The lowest BCUT2D eigenvalue weighted by Gasteiger charge is -2.26. The second-order valence-corrected chi connectivity index (χ2v) is 9.75. The first-order chi connectivity index (χ1) is 16.5. The van der Waals surface area contributed by atoms with Crippen molar-refractivity contribution in [2.45, 2.75) is 31.6 Å². The predicted octanol–water partition coefficient (Wildman–Crippen LogP) is 7.65. The van der Waals surface area contributed by atoms with E-state index < -0.39 is 0 Å². The van der Waals surface area contributed by atoms with E-state index >= 15 is 0 Å². The molecule has 0 saturated heterocycles. The molecule has 1 aromatic heterocycles. The third kappa shape index (κ3) is 3.39. The van der Waals surface area contributed by atoms with E-state index in [2.05, 4.69) is 78.4 Å². The Bertz CT molecular complexity index is 1470. The van der Waals surface area contributed by atoms with Gasteiger partial charge in [-0.3, -0.25) is 0 Å². The molecule has 0 radical (unpaired) electrons. The summed E-state index contributed by atoms with van der Waals surface area (Å²) in [4.78, 5) is 14.0. The van der Waals surface area contributed by atoms with Crippen LogP contribution in [-0.2, 0) is 5.41 Å². The smallest absolute Gasteiger partial charge is 0.212 e. The van der Waals surface area contributed by atoms with E-state index in [-0.39, 0.29) is 16.6 Å². The van der Waals surface area contributed by atoms with Crippen LogP contribution in [0.5, 0.6) is 0 Å². The fourth-order valence-corrected chi connectivity index (χ4v) is 5.47. The van der Waals surface area contributed by atoms with Crippen molar-refractivity contribution in [3.05, 3.63) is 119 Å². The fourth-order valence-electron chi connectivity index (χ4n) is 5.30. The summed E-state index contributed by atoms with van der Waals surface area (Å²) < 4.78 is 0. The second-order valence-electron chi connectivity index (χ2n) is 9.41. The Kier molecular flexibility index (Phi) is 4.96. The summed E-state index contributed by atoms with van der Waals surface area (Å²) in [6.45, 7) is 4.59. The Morgan fingerprint density at radius 2 is 1.44 bits per heavy atom. The highest BCUT2D eigenvalue weighted by atomic mass is 35.5. The molecule has 6 rings (SSSR count). The van der Waals surface area contributed by atoms with Gasteiger partial charge in [-0.1, -0.05) is 105 Å². The van der Waals surface area contributed by atoms with E-state index in [0.717, 1.165) is 23.1 Å². The van der Waals surface area contributed by atoms with Gasteiger partial charge in [-0.2, -0.15) is 4.98 Å². The molecule has 1 heterocycles. The monoisotopic (exact) mass is 461 g/mol. The van der Waals surface area contributed by atoms with Crippen LogP contribution in [0.25, 0.3) is 28.1 Å². The van der Waals surface area contributed by atoms with Gasteiger partial charge in [-0.05, 0) is 51.4 Å². The molecular weight excluding hydrogens is 438 g/mol. The Morgan fingerprint density at radius 3 is 2.24 bits per heavy atom. The molecule has 0 spiro atoms. The van der Waals surface area contributed by atoms with Gasteiger partial charge in [0.2, 0.25) is 5.28 Å². The number of rotatable bonds is 3. The third-order valence-corrected chi connectivity index (χ3v) is 7.18. The minimum Gasteiger partial charge on any atom is -0.212 e. The SMILES string of the molecule is CC1(C)C2=CC(c3nc(Cl)nc(-c4ccccc4-c4ccccc4)n3)CC=C2c2ccccc21. The van der Waals surface area contributed by atoms with Gasteiger partial charge in [0.1, 0.15) is 5.82 Å². The highest BCUT2D eigenvalue weighted by Gasteiger charge is 2.39. The van der Waals surface area contributed by atoms with Gasteiger partial charge in [0, 0.05) is 16.9 Å². The summed E-state index contributed by atoms with van der Waals surface area (Å²) >= 11 is 6.46. The highest BCUT2D eigenvalue weighted by molar-refractivity contribution is 6.28. The average Bonchev–Trinajstić information content (AvgIpc) is 3.11. The second kappa shape index (κ2) is 8.03. The van der Waals surface area contributed by atoms with Crippen molar-refractivity contribution >= 4 is 17.2 Å². The summed E-state index contributed by atoms with van der Waals surface area (Å²) in [6, 6.07) is 27.2. The molecule has 3 aromatic carbocycles. The fraction of sp³-hybridized carbons (Fsp3) is 0.167. The van der Waals surface area contributed by atoms with E-state index in [0.29, 0.717) is 11.6 Å². The Balaban J connectivity index is 1.43. The van der Waals surface area contributed by atoms with E-state index in [1.807, 2.05) is 36.4 Å². The van der Waals surface area contributed by atoms with Crippen LogP contribution in [0, 0.1) is 0 Å². The zero-order valence-corrected chi connectivity index (χ0v) is 19.9. The summed E-state index contributed by atoms with van der Waals surface area (Å²) in [5, 5.41) is 0.227. The van der Waals surface area contributed by atoms with Crippen molar-refractivity contribution in [2.24, 2.45) is 0 Å². The Labute approximate surface area is 204 Å². The van der Waals surface area contributed by atoms with Gasteiger partial charge in [-0.15, -0.1) is 0 Å². The summed E-state index contributed by atoms with van der Waals surface area (Å²) in [6.07, 6.45) is 5.51. The Hall–Kier alpha value is -3.56. The quantitative estimate of drug-likeness (QED) is 0.314. The average molecular weight is 462 g/mol. The maximum absolute atomic E-state index is 6.46. The van der Waals surface area contributed by atoms with Gasteiger partial charge in [-0.25, -0.2) is 9.97 Å². The van der Waals surface area contributed by atoms with E-state index in [1.54, 1.807) is 0 Å². The number of aromatic nitrogens is 3. The summed E-state index contributed by atoms with van der Waals surface area (Å²) in [5.74, 6) is 1.37. The molecular formula is C30H24ClN3. The van der Waals surface area contributed by atoms with Crippen LogP contribution >= 0.6 is 11.6 Å². The zero-order valence-electron chi connectivity index (χ0n) is 19.2. The van der Waals surface area contributed by atoms with Crippen LogP contribution in [-0.4, -0.2) is 15.0 Å². The van der Waals surface area contributed by atoms with Crippen molar-refractivity contribution in [3.8, 4) is 22.5 Å². The molecule has 2 aliphatic carbocycles. The minimum atomic E-state index is -0.0549. The number of hydrogen-bond donors (Lipinski definition) is 0. The number of benzene rings is 3. The van der Waals surface area contributed by atoms with Crippen molar-refractivity contribution in [2.75, 3.05) is 0 Å². The Morgan fingerprint density at radius 1 is 0.765 bits per heavy atom. The number of nitrogens with zero attached hydrogens (tertiary/aromatic N) is 3. The molecule has 34 heavy (non-hydrogen) atoms. The lowest BCUT2D eigenvalue weighted by atomic mass is 9.78. The molecule has 0 saturated carbocycles.